The van der Waals surface area contributed by atoms with Gasteiger partial charge in [0.1, 0.15) is 6.61 Å². The van der Waals surface area contributed by atoms with Gasteiger partial charge in [-0.1, -0.05) is 31.0 Å². The molecule has 1 aromatic carbocycles. The van der Waals surface area contributed by atoms with E-state index < -0.39 is 0 Å². The lowest BCUT2D eigenvalue weighted by Gasteiger charge is -2.39. The molecule has 1 saturated carbocycles. The second-order valence-corrected chi connectivity index (χ2v) is 7.23. The van der Waals surface area contributed by atoms with Gasteiger partial charge in [-0.15, -0.1) is 0 Å². The van der Waals surface area contributed by atoms with Crippen molar-refractivity contribution in [3.8, 4) is 0 Å². The summed E-state index contributed by atoms with van der Waals surface area (Å²) in [5.74, 6) is 0.0154. The second-order valence-electron chi connectivity index (χ2n) is 7.23. The second kappa shape index (κ2) is 9.20. The third-order valence-electron chi connectivity index (χ3n) is 5.41. The van der Waals surface area contributed by atoms with Crippen LogP contribution in [0.25, 0.3) is 0 Å². The van der Waals surface area contributed by atoms with Gasteiger partial charge in [0.15, 0.2) is 0 Å². The maximum absolute atomic E-state index is 12.0. The van der Waals surface area contributed by atoms with E-state index in [1.807, 2.05) is 0 Å². The van der Waals surface area contributed by atoms with Gasteiger partial charge in [-0.25, -0.2) is 0 Å². The molecule has 1 amide bonds. The van der Waals surface area contributed by atoms with E-state index in [2.05, 4.69) is 52.4 Å². The van der Waals surface area contributed by atoms with Crippen LogP contribution in [0.5, 0.6) is 0 Å². The molecule has 3 rings (SSSR count). The number of nitrogens with one attached hydrogen (secondary N) is 1. The molecule has 1 aliphatic carbocycles. The summed E-state index contributed by atoms with van der Waals surface area (Å²) in [7, 11) is 0. The summed E-state index contributed by atoms with van der Waals surface area (Å²) >= 11 is 0. The minimum Gasteiger partial charge on any atom is -0.369 e. The number of anilines is 1. The number of para-hydroxylation sites is 1. The van der Waals surface area contributed by atoms with E-state index in [1.54, 1.807) is 0 Å². The monoisotopic (exact) mass is 345 g/mol. The molecule has 1 heterocycles. The lowest BCUT2D eigenvalue weighted by atomic mass is 10.2. The highest BCUT2D eigenvalue weighted by Gasteiger charge is 2.22. The summed E-state index contributed by atoms with van der Waals surface area (Å²) in [6, 6.07) is 10.9. The summed E-state index contributed by atoms with van der Waals surface area (Å²) in [5, 5.41) is 3.03. The van der Waals surface area contributed by atoms with E-state index in [0.717, 1.165) is 39.0 Å². The van der Waals surface area contributed by atoms with Crippen LogP contribution in [0.2, 0.25) is 0 Å². The average molecular weight is 345 g/mol. The van der Waals surface area contributed by atoms with Crippen LogP contribution in [-0.2, 0) is 9.53 Å². The Hall–Kier alpha value is -1.59. The number of ether oxygens (including phenoxy) is 1. The zero-order valence-electron chi connectivity index (χ0n) is 15.3. The van der Waals surface area contributed by atoms with Crippen LogP contribution in [-0.4, -0.2) is 62.3 Å². The molecule has 0 bridgehead atoms. The first-order chi connectivity index (χ1) is 12.2. The molecular formula is C20H31N3O2. The maximum Gasteiger partial charge on any atom is 0.246 e. The fraction of sp³-hybridized carbons (Fsp3) is 0.650. The number of carbonyl (C=O) groups excluding carboxylic acids is 1. The molecule has 5 nitrogen and oxygen atoms in total. The van der Waals surface area contributed by atoms with Crippen molar-refractivity contribution in [3.05, 3.63) is 30.3 Å². The molecule has 0 aromatic heterocycles. The van der Waals surface area contributed by atoms with Gasteiger partial charge in [0, 0.05) is 44.5 Å². The van der Waals surface area contributed by atoms with Crippen LogP contribution in [0, 0.1) is 0 Å². The molecule has 0 spiro atoms. The SMILES string of the molecule is CC(CNC(=O)COC1CCCC1)N1CCN(c2ccccc2)CC1. The first-order valence-electron chi connectivity index (χ1n) is 9.65. The molecule has 1 unspecified atom stereocenters. The van der Waals surface area contributed by atoms with Gasteiger partial charge in [-0.05, 0) is 31.9 Å². The van der Waals surface area contributed by atoms with Crippen molar-refractivity contribution in [3.63, 3.8) is 0 Å². The predicted octanol–water partition coefficient (Wildman–Crippen LogP) is 2.27. The molecule has 2 fully saturated rings. The summed E-state index contributed by atoms with van der Waals surface area (Å²) in [4.78, 5) is 16.8. The van der Waals surface area contributed by atoms with E-state index in [4.69, 9.17) is 4.74 Å². The van der Waals surface area contributed by atoms with Gasteiger partial charge in [0.05, 0.1) is 6.10 Å². The standard InChI is InChI=1S/C20H31N3O2/c1-17(15-21-20(24)16-25-19-9-5-6-10-19)22-11-13-23(14-12-22)18-7-3-2-4-8-18/h2-4,7-8,17,19H,5-6,9-16H2,1H3,(H,21,24). The zero-order valence-corrected chi connectivity index (χ0v) is 15.3. The minimum atomic E-state index is 0.0154. The third-order valence-corrected chi connectivity index (χ3v) is 5.41. The third kappa shape index (κ3) is 5.44. The minimum absolute atomic E-state index is 0.0154. The van der Waals surface area contributed by atoms with E-state index in [0.29, 0.717) is 18.7 Å². The van der Waals surface area contributed by atoms with E-state index >= 15 is 0 Å². The molecule has 25 heavy (non-hydrogen) atoms. The summed E-state index contributed by atoms with van der Waals surface area (Å²) in [6.07, 6.45) is 4.98. The van der Waals surface area contributed by atoms with Crippen molar-refractivity contribution in [2.75, 3.05) is 44.2 Å². The van der Waals surface area contributed by atoms with Gasteiger partial charge in [0.25, 0.3) is 0 Å². The molecule has 1 aliphatic heterocycles. The van der Waals surface area contributed by atoms with Crippen LogP contribution in [0.3, 0.4) is 0 Å². The van der Waals surface area contributed by atoms with Crippen LogP contribution < -0.4 is 10.2 Å². The number of benzene rings is 1. The van der Waals surface area contributed by atoms with Crippen molar-refractivity contribution < 1.29 is 9.53 Å². The molecule has 2 aliphatic rings. The fourth-order valence-electron chi connectivity index (χ4n) is 3.75. The molecule has 1 N–H and O–H groups in total. The topological polar surface area (TPSA) is 44.8 Å². The van der Waals surface area contributed by atoms with Crippen molar-refractivity contribution in [1.82, 2.24) is 10.2 Å². The summed E-state index contributed by atoms with van der Waals surface area (Å²) in [6.45, 7) is 7.23. The Morgan fingerprint density at radius 2 is 1.84 bits per heavy atom. The number of nitrogens with zero attached hydrogens (tertiary/aromatic N) is 2. The van der Waals surface area contributed by atoms with Crippen molar-refractivity contribution in [2.45, 2.75) is 44.8 Å². The fourth-order valence-corrected chi connectivity index (χ4v) is 3.75. The molecule has 1 atom stereocenters. The number of piperazine rings is 1. The molecule has 5 heteroatoms. The smallest absolute Gasteiger partial charge is 0.246 e. The normalized spacial score (nSPS) is 20.6. The van der Waals surface area contributed by atoms with Crippen molar-refractivity contribution in [2.24, 2.45) is 0 Å². The first kappa shape index (κ1) is 18.2. The Balaban J connectivity index is 1.33. The van der Waals surface area contributed by atoms with Gasteiger partial charge in [-0.2, -0.15) is 0 Å². The van der Waals surface area contributed by atoms with Crippen LogP contribution in [0.1, 0.15) is 32.6 Å². The summed E-state index contributed by atoms with van der Waals surface area (Å²) < 4.78 is 5.67. The van der Waals surface area contributed by atoms with E-state index in [9.17, 15) is 4.79 Å². The Morgan fingerprint density at radius 3 is 2.52 bits per heavy atom. The Morgan fingerprint density at radius 1 is 1.16 bits per heavy atom. The van der Waals surface area contributed by atoms with E-state index in [1.165, 1.54) is 18.5 Å². The quantitative estimate of drug-likeness (QED) is 0.823. The molecule has 0 radical (unpaired) electrons. The maximum atomic E-state index is 12.0. The Kier molecular flexibility index (Phi) is 6.70. The van der Waals surface area contributed by atoms with Gasteiger partial charge < -0.3 is 15.0 Å². The Bertz CT molecular complexity index is 523. The first-order valence-corrected chi connectivity index (χ1v) is 9.65. The largest absolute Gasteiger partial charge is 0.369 e. The number of hydrogen-bond acceptors (Lipinski definition) is 4. The molecule has 1 saturated heterocycles. The number of hydrogen-bond donors (Lipinski definition) is 1. The highest BCUT2D eigenvalue weighted by Crippen LogP contribution is 2.20. The predicted molar refractivity (Wildman–Crippen MR) is 101 cm³/mol. The number of rotatable bonds is 7. The highest BCUT2D eigenvalue weighted by atomic mass is 16.5. The zero-order chi connectivity index (χ0) is 17.5. The lowest BCUT2D eigenvalue weighted by molar-refractivity contribution is -0.127. The van der Waals surface area contributed by atoms with E-state index in [-0.39, 0.29) is 12.5 Å². The van der Waals surface area contributed by atoms with Gasteiger partial charge in [0.2, 0.25) is 5.91 Å². The number of carbonyl (C=O) groups is 1. The lowest BCUT2D eigenvalue weighted by Crippen LogP contribution is -2.52. The van der Waals surface area contributed by atoms with Crippen molar-refractivity contribution in [1.29, 1.82) is 0 Å². The van der Waals surface area contributed by atoms with Crippen LogP contribution >= 0.6 is 0 Å². The van der Waals surface area contributed by atoms with Gasteiger partial charge in [-0.3, -0.25) is 9.69 Å². The molecular weight excluding hydrogens is 314 g/mol. The average Bonchev–Trinajstić information content (AvgIpc) is 3.19. The summed E-state index contributed by atoms with van der Waals surface area (Å²) in [5.41, 5.74) is 1.30. The van der Waals surface area contributed by atoms with Gasteiger partial charge >= 0.3 is 0 Å². The van der Waals surface area contributed by atoms with Crippen molar-refractivity contribution >= 4 is 11.6 Å². The van der Waals surface area contributed by atoms with Crippen LogP contribution in [0.15, 0.2) is 30.3 Å². The highest BCUT2D eigenvalue weighted by molar-refractivity contribution is 5.77. The molecule has 138 valence electrons. The number of amides is 1. The Labute approximate surface area is 151 Å². The van der Waals surface area contributed by atoms with Crippen LogP contribution in [0.4, 0.5) is 5.69 Å². The molecule has 1 aromatic rings.